The molecule has 3 saturated heterocycles. The van der Waals surface area contributed by atoms with E-state index < -0.39 is 71.3 Å². The fourth-order valence-corrected chi connectivity index (χ4v) is 9.92. The first kappa shape index (κ1) is 48.5. The quantitative estimate of drug-likeness (QED) is 0.100. The lowest BCUT2D eigenvalue weighted by Crippen LogP contribution is -2.60. The number of hydrogen-bond donors (Lipinski definition) is 2. The summed E-state index contributed by atoms with van der Waals surface area (Å²) in [7, 11) is 1.63. The average molecular weight is 942 g/mol. The summed E-state index contributed by atoms with van der Waals surface area (Å²) in [5, 5.41) is 19.2. The summed E-state index contributed by atoms with van der Waals surface area (Å²) in [5.41, 5.74) is -1.82. The van der Waals surface area contributed by atoms with E-state index in [1.165, 1.54) is 21.7 Å². The number of carbonyl (C=O) groups is 5. The van der Waals surface area contributed by atoms with Crippen molar-refractivity contribution in [2.75, 3.05) is 44.6 Å². The maximum absolute atomic E-state index is 14.4. The molecule has 2 atom stereocenters. The summed E-state index contributed by atoms with van der Waals surface area (Å²) in [5.74, 6) is -2.78. The zero-order chi connectivity index (χ0) is 45.6. The number of nitrogens with zero attached hydrogens (tertiary/aromatic N) is 7. The molecule has 3 aliphatic heterocycles. The van der Waals surface area contributed by atoms with E-state index >= 15 is 0 Å². The minimum absolute atomic E-state index is 0. The number of urea groups is 1. The first-order valence-corrected chi connectivity index (χ1v) is 21.2. The molecule has 0 spiro atoms. The number of anilines is 1. The van der Waals surface area contributed by atoms with E-state index in [9.17, 15) is 50.3 Å². The van der Waals surface area contributed by atoms with Gasteiger partial charge in [0.2, 0.25) is 17.7 Å². The molecule has 2 aromatic carbocycles. The Morgan fingerprint density at radius 2 is 1.75 bits per heavy atom. The van der Waals surface area contributed by atoms with Crippen molar-refractivity contribution in [3.8, 4) is 6.07 Å². The van der Waals surface area contributed by atoms with Gasteiger partial charge in [0, 0.05) is 56.0 Å². The van der Waals surface area contributed by atoms with Crippen molar-refractivity contribution in [2.45, 2.75) is 99.3 Å². The molecule has 1 aromatic heterocycles. The summed E-state index contributed by atoms with van der Waals surface area (Å²) < 4.78 is 92.5. The number of carbonyl (C=O) groups excluding carboxylic acids is 5. The fraction of sp³-hybridized carbons (Fsp3) is 0.537. The number of ether oxygens (including phenoxy) is 1. The molecule has 23 heteroatoms. The van der Waals surface area contributed by atoms with Crippen LogP contribution in [0.1, 0.15) is 75.1 Å². The summed E-state index contributed by atoms with van der Waals surface area (Å²) in [6, 6.07) is 6.49. The van der Waals surface area contributed by atoms with Gasteiger partial charge in [0.05, 0.1) is 59.3 Å². The van der Waals surface area contributed by atoms with E-state index in [-0.39, 0.29) is 81.0 Å². The Morgan fingerprint density at radius 1 is 1.03 bits per heavy atom. The van der Waals surface area contributed by atoms with Gasteiger partial charge >= 0.3 is 18.4 Å². The second kappa shape index (κ2) is 18.9. The van der Waals surface area contributed by atoms with Crippen molar-refractivity contribution in [1.29, 1.82) is 5.26 Å². The molecular formula is C41H46ClF6N9O6S. The van der Waals surface area contributed by atoms with Crippen molar-refractivity contribution in [1.82, 2.24) is 34.1 Å². The molecular weight excluding hydrogens is 896 g/mol. The first-order valence-electron chi connectivity index (χ1n) is 20.4. The molecule has 7 rings (SSSR count). The van der Waals surface area contributed by atoms with Crippen LogP contribution < -0.4 is 10.6 Å². The third-order valence-electron chi connectivity index (χ3n) is 12.1. The molecule has 3 aromatic rings. The molecule has 4 fully saturated rings. The Morgan fingerprint density at radius 3 is 2.41 bits per heavy atom. The highest BCUT2D eigenvalue weighted by Gasteiger charge is 2.55. The highest BCUT2D eigenvalue weighted by Crippen LogP contribution is 2.42. The van der Waals surface area contributed by atoms with Gasteiger partial charge in [-0.2, -0.15) is 41.0 Å². The summed E-state index contributed by atoms with van der Waals surface area (Å²) in [6.45, 7) is 2.78. The average Bonchev–Trinajstić information content (AvgIpc) is 3.63. The predicted molar refractivity (Wildman–Crippen MR) is 222 cm³/mol. The van der Waals surface area contributed by atoms with Gasteiger partial charge in [-0.05, 0) is 82.2 Å². The van der Waals surface area contributed by atoms with E-state index in [4.69, 9.17) is 10.00 Å². The number of nitriles is 1. The van der Waals surface area contributed by atoms with Crippen molar-refractivity contribution < 1.29 is 55.1 Å². The van der Waals surface area contributed by atoms with Gasteiger partial charge in [0.15, 0.2) is 0 Å². The van der Waals surface area contributed by atoms with E-state index in [1.54, 1.807) is 44.0 Å². The van der Waals surface area contributed by atoms with Crippen LogP contribution in [0.15, 0.2) is 41.3 Å². The molecule has 1 saturated carbocycles. The lowest BCUT2D eigenvalue weighted by Gasteiger charge is -2.42. The minimum atomic E-state index is -4.82. The highest BCUT2D eigenvalue weighted by atomic mass is 35.5. The van der Waals surface area contributed by atoms with Gasteiger partial charge in [-0.15, -0.1) is 12.4 Å². The van der Waals surface area contributed by atoms with Crippen LogP contribution in [-0.4, -0.2) is 128 Å². The number of amides is 6. The number of aromatic nitrogens is 2. The molecule has 0 bridgehead atoms. The van der Waals surface area contributed by atoms with Gasteiger partial charge in [-0.25, -0.2) is 4.79 Å². The number of piperidine rings is 1. The topological polar surface area (TPSA) is 173 Å². The second-order valence-corrected chi connectivity index (χ2v) is 17.6. The third kappa shape index (κ3) is 9.97. The Hall–Kier alpha value is -4.95. The Balaban J connectivity index is 0.00000680. The zero-order valence-corrected chi connectivity index (χ0v) is 36.6. The van der Waals surface area contributed by atoms with Crippen molar-refractivity contribution >= 4 is 70.6 Å². The number of para-hydroxylation sites is 1. The van der Waals surface area contributed by atoms with Gasteiger partial charge < -0.3 is 15.0 Å². The number of benzene rings is 2. The lowest BCUT2D eigenvalue weighted by molar-refractivity contribution is -0.197. The number of halogens is 7. The number of imide groups is 2. The summed E-state index contributed by atoms with van der Waals surface area (Å²) >= 11 is 0.562. The number of fused-ring (bicyclic) bond motifs is 1. The Labute approximate surface area is 374 Å². The van der Waals surface area contributed by atoms with Crippen LogP contribution in [-0.2, 0) is 37.1 Å². The van der Waals surface area contributed by atoms with E-state index in [0.29, 0.717) is 59.9 Å². The predicted octanol–water partition coefficient (Wildman–Crippen LogP) is 5.97. The van der Waals surface area contributed by atoms with Crippen LogP contribution in [0.2, 0.25) is 0 Å². The monoisotopic (exact) mass is 941 g/mol. The van der Waals surface area contributed by atoms with Crippen molar-refractivity contribution in [3.63, 3.8) is 0 Å². The Kier molecular flexibility index (Phi) is 14.3. The molecule has 15 nitrogen and oxygen atoms in total. The number of nitrogens with one attached hydrogen (secondary N) is 2. The molecule has 4 heterocycles. The molecule has 4 aliphatic rings. The van der Waals surface area contributed by atoms with Crippen LogP contribution in [0, 0.1) is 11.3 Å². The van der Waals surface area contributed by atoms with Crippen LogP contribution in [0.4, 0.5) is 36.8 Å². The molecule has 2 N–H and O–H groups in total. The smallest absolute Gasteiger partial charge is 0.377 e. The minimum Gasteiger partial charge on any atom is -0.377 e. The lowest BCUT2D eigenvalue weighted by atomic mass is 9.89. The third-order valence-corrected chi connectivity index (χ3v) is 13.1. The maximum Gasteiger partial charge on any atom is 0.417 e. The maximum atomic E-state index is 14.4. The van der Waals surface area contributed by atoms with Crippen molar-refractivity contribution in [2.24, 2.45) is 7.05 Å². The SMILES string of the molecule is Cl.Cn1nc(C2CCC(=O)NC2=O)c2cccc(NC(=O)CN3CCN(CCOC4CCC(N5C(=O)N(Sc6ccc(C#N)c(C(F)(F)F)c6)C(=O)C5(C)C)CC4)C[C@@H]3C(F)(F)F)c21. The number of alkyl halides is 6. The molecule has 346 valence electrons. The van der Waals surface area contributed by atoms with Gasteiger partial charge in [-0.3, -0.25) is 39.0 Å². The second-order valence-electron chi connectivity index (χ2n) is 16.6. The standard InChI is InChI=1S/C41H45F6N9O6S.ClH/c1-39(2)37(60)56(63-26-12-7-23(20-48)29(19-26)40(42,43)44)38(61)55(39)24-8-10-25(11-9-24)62-18-17-53-15-16-54(31(21-53)41(45,46)47)22-33(58)49-30-6-4-5-27-34(51-52(3)35(27)30)28-13-14-32(57)50-36(28)59;/h4-7,12,19,24-25,28,31H,8-11,13-18,21-22H2,1-3H3,(H,49,58)(H,50,57,59);1H/t24?,25?,28?,31-;/m1./s1. The van der Waals surface area contributed by atoms with Crippen LogP contribution in [0.5, 0.6) is 0 Å². The number of aryl methyl sites for hydroxylation is 1. The van der Waals surface area contributed by atoms with E-state index in [2.05, 4.69) is 15.7 Å². The van der Waals surface area contributed by atoms with E-state index in [1.807, 2.05) is 0 Å². The van der Waals surface area contributed by atoms with Crippen LogP contribution in [0.25, 0.3) is 10.9 Å². The molecule has 64 heavy (non-hydrogen) atoms. The molecule has 1 aliphatic carbocycles. The normalized spacial score (nSPS) is 23.6. The Bertz CT molecular complexity index is 2350. The highest BCUT2D eigenvalue weighted by molar-refractivity contribution is 7.98. The molecule has 6 amide bonds. The molecule has 1 unspecified atom stereocenters. The summed E-state index contributed by atoms with van der Waals surface area (Å²) in [6.07, 6.45) is -7.40. The summed E-state index contributed by atoms with van der Waals surface area (Å²) in [4.78, 5) is 68.8. The number of piperazine rings is 1. The fourth-order valence-electron chi connectivity index (χ4n) is 8.94. The number of hydrogen-bond acceptors (Lipinski definition) is 11. The molecule has 0 radical (unpaired) electrons. The van der Waals surface area contributed by atoms with Gasteiger partial charge in [0.1, 0.15) is 11.6 Å². The van der Waals surface area contributed by atoms with Gasteiger partial charge in [0.25, 0.3) is 5.91 Å². The first-order chi connectivity index (χ1) is 29.7. The number of rotatable bonds is 11. The largest absolute Gasteiger partial charge is 0.417 e. The van der Waals surface area contributed by atoms with Gasteiger partial charge in [-0.1, -0.05) is 12.1 Å². The van der Waals surface area contributed by atoms with Crippen LogP contribution in [0.3, 0.4) is 0 Å². The van der Waals surface area contributed by atoms with Crippen molar-refractivity contribution in [3.05, 3.63) is 53.2 Å². The van der Waals surface area contributed by atoms with E-state index in [0.717, 1.165) is 21.3 Å². The zero-order valence-electron chi connectivity index (χ0n) is 34.9. The van der Waals surface area contributed by atoms with Crippen LogP contribution >= 0.6 is 24.4 Å².